The van der Waals surface area contributed by atoms with Crippen LogP contribution in [0.15, 0.2) is 455 Å². The van der Waals surface area contributed by atoms with Crippen molar-refractivity contribution in [2.75, 3.05) is 14.7 Å². The van der Waals surface area contributed by atoms with Gasteiger partial charge in [0.15, 0.2) is 69.0 Å². The van der Waals surface area contributed by atoms with Crippen LogP contribution in [0.1, 0.15) is 97.2 Å². The molecule has 22 aromatic carbocycles. The summed E-state index contributed by atoms with van der Waals surface area (Å²) >= 11 is 0. The van der Waals surface area contributed by atoms with Crippen LogP contribution < -0.4 is 52.6 Å². The topological polar surface area (TPSA) is 83.6 Å². The molecule has 5 heterocycles. The van der Waals surface area contributed by atoms with E-state index in [9.17, 15) is 0 Å². The van der Waals surface area contributed by atoms with E-state index in [1.807, 2.05) is 103 Å². The molecule has 22 aromatic rings. The molecule has 0 atom stereocenters. The van der Waals surface area contributed by atoms with Gasteiger partial charge >= 0.3 is 0 Å². The highest BCUT2D eigenvalue weighted by Gasteiger charge is 2.53. The van der Waals surface area contributed by atoms with Gasteiger partial charge < -0.3 is 52.6 Å². The van der Waals surface area contributed by atoms with Gasteiger partial charge in [-0.05, 0) is 286 Å². The van der Waals surface area contributed by atoms with Gasteiger partial charge in [-0.3, -0.25) is 0 Å². The maximum Gasteiger partial charge on any atom is 0.172 e. The summed E-state index contributed by atoms with van der Waals surface area (Å²) in [5.74, 6) is 11.9. The Morgan fingerprint density at radius 3 is 0.812 bits per heavy atom. The molecule has 5 aliphatic heterocycles. The predicted molar refractivity (Wildman–Crippen MR) is 598 cm³/mol. The molecular weight excluding hydrogens is 1830 g/mol. The third kappa shape index (κ3) is 12.9. The molecule has 0 saturated heterocycles. The van der Waals surface area contributed by atoms with E-state index < -0.39 is 5.41 Å². The van der Waals surface area contributed by atoms with Crippen LogP contribution in [-0.4, -0.2) is 0 Å². The smallest absolute Gasteiger partial charge is 0.172 e. The van der Waals surface area contributed by atoms with E-state index in [2.05, 4.69) is 408 Å². The van der Waals surface area contributed by atoms with E-state index in [4.69, 9.17) is 37.9 Å². The minimum Gasteiger partial charge on any atom is -0.456 e. The third-order valence-electron chi connectivity index (χ3n) is 32.4. The second-order valence-electron chi connectivity index (χ2n) is 41.5. The first-order valence-corrected chi connectivity index (χ1v) is 51.1. The van der Waals surface area contributed by atoms with Crippen LogP contribution in [0, 0.1) is 0 Å². The van der Waals surface area contributed by atoms with E-state index in [0.29, 0.717) is 63.2 Å². The summed E-state index contributed by atoms with van der Waals surface area (Å²) in [6, 6.07) is 162. The summed E-state index contributed by atoms with van der Waals surface area (Å²) < 4.78 is 51.2. The SMILES string of the molecule is CC1(C)c2ccccc2-c2ccc(N(c3ccc4c(c3)Oc3ccccc3O4)c3ccc4c(c3)C3(c5ccccc5-c5ccccc53)c3ccccc3-4)cc21.CC1(C)c2ccccc2-c2ccc(N(c3ccc4c(c3)Oc3ccccc3O4)c3ccc4c(c3)Oc3cccc5cccc-4c35)cc21.CC1(C)c2ccccc2-c2ccc(N(c3ccc4c(c3)Oc3ccccc3O4)c3ccc4c5c(cccc35)Oc3ccccc3-4)cc21. The number of fused-ring (bicyclic) bond motifs is 29. The number of benzene rings is 22. The molecule has 32 rings (SSSR count). The second-order valence-corrected chi connectivity index (χ2v) is 41.5. The summed E-state index contributed by atoms with van der Waals surface area (Å²) in [5.41, 5.74) is 39.2. The van der Waals surface area contributed by atoms with Crippen molar-refractivity contribution in [3.63, 3.8) is 0 Å². The Kier molecular flexibility index (Phi) is 18.6. The maximum atomic E-state index is 6.62. The van der Waals surface area contributed by atoms with Crippen molar-refractivity contribution in [3.05, 3.63) is 511 Å². The van der Waals surface area contributed by atoms with Crippen molar-refractivity contribution in [2.24, 2.45) is 0 Å². The molecule has 0 N–H and O–H groups in total. The average molecular weight is 1920 g/mol. The number of hydrogen-bond donors (Lipinski definition) is 0. The van der Waals surface area contributed by atoms with Gasteiger partial charge in [-0.15, -0.1) is 0 Å². The molecule has 0 radical (unpaired) electrons. The Morgan fingerprint density at radius 2 is 0.389 bits per heavy atom. The van der Waals surface area contributed by atoms with Crippen LogP contribution in [0.2, 0.25) is 0 Å². The van der Waals surface area contributed by atoms with E-state index in [1.54, 1.807) is 0 Å². The van der Waals surface area contributed by atoms with Crippen molar-refractivity contribution in [3.8, 4) is 170 Å². The summed E-state index contributed by atoms with van der Waals surface area (Å²) in [4.78, 5) is 7.02. The minimum absolute atomic E-state index is 0.133. The third-order valence-corrected chi connectivity index (χ3v) is 32.4. The van der Waals surface area contributed by atoms with E-state index in [-0.39, 0.29) is 16.2 Å². The molecule has 0 unspecified atom stereocenters. The van der Waals surface area contributed by atoms with Gasteiger partial charge in [0.25, 0.3) is 0 Å². The first-order valence-electron chi connectivity index (χ1n) is 51.1. The van der Waals surface area contributed by atoms with E-state index >= 15 is 0 Å². The maximum absolute atomic E-state index is 6.62. The lowest BCUT2D eigenvalue weighted by Crippen LogP contribution is -2.26. The van der Waals surface area contributed by atoms with Gasteiger partial charge in [-0.25, -0.2) is 0 Å². The van der Waals surface area contributed by atoms with Gasteiger partial charge in [-0.2, -0.15) is 0 Å². The molecule has 0 fully saturated rings. The van der Waals surface area contributed by atoms with E-state index in [0.717, 1.165) is 107 Å². The summed E-state index contributed by atoms with van der Waals surface area (Å²) in [7, 11) is 0. The Labute approximate surface area is 863 Å². The van der Waals surface area contributed by atoms with Crippen molar-refractivity contribution in [2.45, 2.75) is 63.2 Å². The zero-order valence-corrected chi connectivity index (χ0v) is 82.4. The van der Waals surface area contributed by atoms with Crippen LogP contribution in [0.5, 0.6) is 92.0 Å². The lowest BCUT2D eigenvalue weighted by molar-refractivity contribution is 0.360. The lowest BCUT2D eigenvalue weighted by Gasteiger charge is -2.33. The Morgan fingerprint density at radius 1 is 0.148 bits per heavy atom. The minimum atomic E-state index is -0.446. The molecule has 11 nitrogen and oxygen atoms in total. The van der Waals surface area contributed by atoms with E-state index in [1.165, 1.54) is 128 Å². The Hall–Kier alpha value is -18.8. The van der Waals surface area contributed by atoms with Gasteiger partial charge in [-0.1, -0.05) is 315 Å². The zero-order chi connectivity index (χ0) is 99.0. The molecule has 5 aliphatic carbocycles. The van der Waals surface area contributed by atoms with Gasteiger partial charge in [0.2, 0.25) is 0 Å². The number of hydrogen-bond acceptors (Lipinski definition) is 11. The first kappa shape index (κ1) is 85.7. The van der Waals surface area contributed by atoms with Crippen molar-refractivity contribution in [1.29, 1.82) is 0 Å². The van der Waals surface area contributed by atoms with Crippen molar-refractivity contribution < 1.29 is 37.9 Å². The van der Waals surface area contributed by atoms with Crippen molar-refractivity contribution >= 4 is 72.7 Å². The summed E-state index contributed by atoms with van der Waals surface area (Å²) in [5, 5.41) is 4.54. The highest BCUT2D eigenvalue weighted by Crippen LogP contribution is 2.66. The molecule has 708 valence electrons. The monoisotopic (exact) mass is 1920 g/mol. The molecule has 0 saturated carbocycles. The number of nitrogens with zero attached hydrogens (tertiary/aromatic N) is 3. The fraction of sp³-hybridized carbons (Fsp3) is 0.0725. The molecule has 11 heteroatoms. The number of para-hydroxylation sites is 7. The fourth-order valence-electron chi connectivity index (χ4n) is 25.5. The van der Waals surface area contributed by atoms with Gasteiger partial charge in [0.1, 0.15) is 23.0 Å². The highest BCUT2D eigenvalue weighted by atomic mass is 16.6. The van der Waals surface area contributed by atoms with Crippen LogP contribution >= 0.6 is 0 Å². The van der Waals surface area contributed by atoms with Crippen LogP contribution in [0.25, 0.3) is 99.4 Å². The number of anilines is 9. The Balaban J connectivity index is 0.000000103. The average Bonchev–Trinajstić information content (AvgIpc) is 1.50. The van der Waals surface area contributed by atoms with Gasteiger partial charge in [0, 0.05) is 96.2 Å². The Bertz CT molecular complexity index is 9470. The number of rotatable bonds is 9. The zero-order valence-electron chi connectivity index (χ0n) is 82.4. The lowest BCUT2D eigenvalue weighted by atomic mass is 9.70. The quantitative estimate of drug-likeness (QED) is 0.139. The second kappa shape index (κ2) is 32.3. The molecule has 149 heavy (non-hydrogen) atoms. The molecule has 0 bridgehead atoms. The van der Waals surface area contributed by atoms with Crippen LogP contribution in [0.3, 0.4) is 0 Å². The van der Waals surface area contributed by atoms with Crippen molar-refractivity contribution in [1.82, 2.24) is 0 Å². The first-order chi connectivity index (χ1) is 73.1. The standard InChI is InChI=1S/C52H35NO2.2C43H29NO3/c1-51(2)41-17-7-3-13-35(41)39-26-23-32(29-45(39)51)53(34-25-28-49-50(31-34)55-48-22-12-11-21-47(48)54-49)33-24-27-40-38-16-6-10-20-44(38)52(46(40)30-33)42-18-8-4-14-36(42)37-15-5-9-19-43(37)52;1-43(2)33-13-5-3-10-28(33)29-20-18-26(24-34(29)43)44(27-19-23-39-41(25-27)47-38-16-8-7-15-37(38)46-39)35-22-21-31-30-11-4-6-14-36(30)45-40-17-9-12-32(35)42(31)40;1-43(2)34-13-4-3-11-30(34)31-20-17-27(23-35(31)43)44(29-19-22-38-41(25-29)46-37-15-6-5-14-36(37)45-38)28-18-21-32-33-12-7-9-26-10-8-16-39(42(26)33)47-40(32)24-28/h3-31H,1-2H3;2*3-25H,1-2H3. The molecule has 0 aromatic heterocycles. The molecule has 0 amide bonds. The summed E-state index contributed by atoms with van der Waals surface area (Å²) in [6.07, 6.45) is 0. The highest BCUT2D eigenvalue weighted by molar-refractivity contribution is 6.12. The predicted octanol–water partition coefficient (Wildman–Crippen LogP) is 38.3. The van der Waals surface area contributed by atoms with Gasteiger partial charge in [0.05, 0.1) is 28.2 Å². The fourth-order valence-corrected chi connectivity index (χ4v) is 25.5. The van der Waals surface area contributed by atoms with Crippen LogP contribution in [0.4, 0.5) is 51.2 Å². The van der Waals surface area contributed by atoms with Crippen LogP contribution in [-0.2, 0) is 21.7 Å². The molecular formula is C138H93N3O8. The number of ether oxygens (including phenoxy) is 8. The largest absolute Gasteiger partial charge is 0.456 e. The molecule has 1 spiro atoms. The summed E-state index contributed by atoms with van der Waals surface area (Å²) in [6.45, 7) is 14.0. The normalized spacial score (nSPS) is 14.3. The molecule has 10 aliphatic rings.